The van der Waals surface area contributed by atoms with Gasteiger partial charge in [-0.25, -0.2) is 0 Å². The van der Waals surface area contributed by atoms with Gasteiger partial charge < -0.3 is 9.15 Å². The molecule has 2 aromatic rings. The van der Waals surface area contributed by atoms with Gasteiger partial charge in [0.1, 0.15) is 16.4 Å². The first kappa shape index (κ1) is 10.2. The number of methoxy groups -OCH3 is 1. The fourth-order valence-corrected chi connectivity index (χ4v) is 1.34. The third-order valence-electron chi connectivity index (χ3n) is 2.15. The summed E-state index contributed by atoms with van der Waals surface area (Å²) in [4.78, 5) is 9.88. The molecule has 16 heavy (non-hydrogen) atoms. The Hall–Kier alpha value is -2.30. The molecule has 0 radical (unpaired) electrons. The van der Waals surface area contributed by atoms with Crippen molar-refractivity contribution in [1.29, 1.82) is 0 Å². The minimum Gasteiger partial charge on any atom is -0.497 e. The van der Waals surface area contributed by atoms with E-state index >= 15 is 0 Å². The van der Waals surface area contributed by atoms with Crippen LogP contribution in [0.25, 0.3) is 11.3 Å². The molecule has 82 valence electrons. The molecular formula is C11H9NO4. The van der Waals surface area contributed by atoms with E-state index in [1.165, 1.54) is 6.07 Å². The van der Waals surface area contributed by atoms with E-state index in [2.05, 4.69) is 0 Å². The van der Waals surface area contributed by atoms with Gasteiger partial charge in [0.25, 0.3) is 0 Å². The molecule has 5 heteroatoms. The Balaban J connectivity index is 2.31. The quantitative estimate of drug-likeness (QED) is 0.588. The first-order valence-electron chi connectivity index (χ1n) is 4.59. The van der Waals surface area contributed by atoms with Crippen LogP contribution in [-0.2, 0) is 0 Å². The zero-order chi connectivity index (χ0) is 11.5. The highest BCUT2D eigenvalue weighted by molar-refractivity contribution is 5.59. The van der Waals surface area contributed by atoms with Crippen molar-refractivity contribution < 1.29 is 14.1 Å². The maximum Gasteiger partial charge on any atom is 0.433 e. The number of furan rings is 1. The fraction of sp³-hybridized carbons (Fsp3) is 0.0909. The van der Waals surface area contributed by atoms with Crippen LogP contribution in [0.2, 0.25) is 0 Å². The average Bonchev–Trinajstić information content (AvgIpc) is 2.78. The number of ether oxygens (including phenoxy) is 1. The smallest absolute Gasteiger partial charge is 0.433 e. The summed E-state index contributed by atoms with van der Waals surface area (Å²) in [5.74, 6) is 0.935. The van der Waals surface area contributed by atoms with Gasteiger partial charge in [0.2, 0.25) is 0 Å². The van der Waals surface area contributed by atoms with Crippen molar-refractivity contribution in [3.8, 4) is 17.1 Å². The lowest BCUT2D eigenvalue weighted by molar-refractivity contribution is -0.401. The Labute approximate surface area is 91.4 Å². The van der Waals surface area contributed by atoms with Crippen molar-refractivity contribution >= 4 is 5.88 Å². The van der Waals surface area contributed by atoms with E-state index in [-0.39, 0.29) is 5.88 Å². The van der Waals surface area contributed by atoms with Crippen LogP contribution in [0.5, 0.6) is 5.75 Å². The first-order valence-corrected chi connectivity index (χ1v) is 4.59. The summed E-state index contributed by atoms with van der Waals surface area (Å²) in [6.45, 7) is 0. The molecule has 0 spiro atoms. The van der Waals surface area contributed by atoms with Crippen LogP contribution in [0.3, 0.4) is 0 Å². The number of hydrogen-bond acceptors (Lipinski definition) is 4. The Bertz CT molecular complexity index is 501. The maximum atomic E-state index is 10.4. The molecule has 0 bridgehead atoms. The van der Waals surface area contributed by atoms with Crippen molar-refractivity contribution in [3.63, 3.8) is 0 Å². The number of nitrogens with zero attached hydrogens (tertiary/aromatic N) is 1. The highest BCUT2D eigenvalue weighted by atomic mass is 16.6. The average molecular weight is 219 g/mol. The summed E-state index contributed by atoms with van der Waals surface area (Å²) in [7, 11) is 1.58. The summed E-state index contributed by atoms with van der Waals surface area (Å²) < 4.78 is 10.1. The zero-order valence-corrected chi connectivity index (χ0v) is 8.54. The van der Waals surface area contributed by atoms with Crippen molar-refractivity contribution in [3.05, 3.63) is 46.5 Å². The van der Waals surface area contributed by atoms with E-state index in [0.29, 0.717) is 5.76 Å². The zero-order valence-electron chi connectivity index (χ0n) is 8.54. The number of rotatable bonds is 3. The molecule has 5 nitrogen and oxygen atoms in total. The van der Waals surface area contributed by atoms with Gasteiger partial charge in [-0.05, 0) is 30.3 Å². The van der Waals surface area contributed by atoms with Crippen molar-refractivity contribution in [2.45, 2.75) is 0 Å². The van der Waals surface area contributed by atoms with Gasteiger partial charge in [-0.1, -0.05) is 0 Å². The minimum atomic E-state index is -0.562. The third kappa shape index (κ3) is 1.88. The van der Waals surface area contributed by atoms with Crippen LogP contribution in [0, 0.1) is 10.1 Å². The molecule has 0 atom stereocenters. The Morgan fingerprint density at radius 2 is 1.88 bits per heavy atom. The first-order chi connectivity index (χ1) is 7.70. The van der Waals surface area contributed by atoms with Crippen LogP contribution >= 0.6 is 0 Å². The minimum absolute atomic E-state index is 0.259. The molecule has 0 aliphatic heterocycles. The topological polar surface area (TPSA) is 65.5 Å². The van der Waals surface area contributed by atoms with Gasteiger partial charge in [-0.3, -0.25) is 10.1 Å². The number of benzene rings is 1. The molecule has 0 N–H and O–H groups in total. The largest absolute Gasteiger partial charge is 0.497 e. The SMILES string of the molecule is COc1ccc(-c2ccc([N+](=O)[O-])o2)cc1. The molecule has 0 saturated carbocycles. The van der Waals surface area contributed by atoms with E-state index < -0.39 is 4.92 Å². The van der Waals surface area contributed by atoms with Gasteiger partial charge >= 0.3 is 5.88 Å². The Kier molecular flexibility index (Phi) is 2.59. The molecule has 0 aliphatic carbocycles. The molecule has 0 saturated heterocycles. The number of hydrogen-bond donors (Lipinski definition) is 0. The molecule has 2 rings (SSSR count). The fourth-order valence-electron chi connectivity index (χ4n) is 1.34. The van der Waals surface area contributed by atoms with Crippen LogP contribution in [0.4, 0.5) is 5.88 Å². The highest BCUT2D eigenvalue weighted by Crippen LogP contribution is 2.27. The molecule has 0 amide bonds. The summed E-state index contributed by atoms with van der Waals surface area (Å²) in [5.41, 5.74) is 0.772. The lowest BCUT2D eigenvalue weighted by Crippen LogP contribution is -1.83. The molecule has 0 unspecified atom stereocenters. The molecule has 0 fully saturated rings. The van der Waals surface area contributed by atoms with Crippen LogP contribution in [0.1, 0.15) is 0 Å². The summed E-state index contributed by atoms with van der Waals surface area (Å²) in [6, 6.07) is 10.00. The van der Waals surface area contributed by atoms with Crippen molar-refractivity contribution in [2.75, 3.05) is 7.11 Å². The van der Waals surface area contributed by atoms with Crippen LogP contribution in [0.15, 0.2) is 40.8 Å². The third-order valence-corrected chi connectivity index (χ3v) is 2.15. The van der Waals surface area contributed by atoms with Crippen molar-refractivity contribution in [1.82, 2.24) is 0 Å². The lowest BCUT2D eigenvalue weighted by Gasteiger charge is -1.99. The van der Waals surface area contributed by atoms with Gasteiger partial charge in [0.05, 0.1) is 13.2 Å². The van der Waals surface area contributed by atoms with Crippen LogP contribution in [-0.4, -0.2) is 12.0 Å². The van der Waals surface area contributed by atoms with Gasteiger partial charge in [0, 0.05) is 5.56 Å². The Morgan fingerprint density at radius 1 is 1.19 bits per heavy atom. The van der Waals surface area contributed by atoms with Gasteiger partial charge in [-0.2, -0.15) is 0 Å². The molecular weight excluding hydrogens is 210 g/mol. The maximum absolute atomic E-state index is 10.4. The number of nitro groups is 1. The normalized spacial score (nSPS) is 10.1. The van der Waals surface area contributed by atoms with E-state index in [4.69, 9.17) is 9.15 Å². The molecule has 0 aliphatic rings. The monoisotopic (exact) mass is 219 g/mol. The predicted octanol–water partition coefficient (Wildman–Crippen LogP) is 2.86. The van der Waals surface area contributed by atoms with Gasteiger partial charge in [0.15, 0.2) is 0 Å². The molecule has 1 aromatic carbocycles. The summed E-state index contributed by atoms with van der Waals surface area (Å²) in [6.07, 6.45) is 0. The molecule has 1 heterocycles. The summed E-state index contributed by atoms with van der Waals surface area (Å²) >= 11 is 0. The molecule has 1 aromatic heterocycles. The lowest BCUT2D eigenvalue weighted by atomic mass is 10.2. The van der Waals surface area contributed by atoms with Crippen LogP contribution < -0.4 is 4.74 Å². The van der Waals surface area contributed by atoms with Crippen molar-refractivity contribution in [2.24, 2.45) is 0 Å². The summed E-state index contributed by atoms with van der Waals surface area (Å²) in [5, 5.41) is 10.4. The van der Waals surface area contributed by atoms with E-state index in [0.717, 1.165) is 11.3 Å². The van der Waals surface area contributed by atoms with E-state index in [1.54, 1.807) is 37.4 Å². The Morgan fingerprint density at radius 3 is 2.38 bits per heavy atom. The van der Waals surface area contributed by atoms with E-state index in [9.17, 15) is 10.1 Å². The standard InChI is InChI=1S/C11H9NO4/c1-15-9-4-2-8(3-5-9)10-6-7-11(16-10)12(13)14/h2-7H,1H3. The highest BCUT2D eigenvalue weighted by Gasteiger charge is 2.12. The second-order valence-corrected chi connectivity index (χ2v) is 3.12. The second kappa shape index (κ2) is 4.06. The van der Waals surface area contributed by atoms with Gasteiger partial charge in [-0.15, -0.1) is 0 Å². The second-order valence-electron chi connectivity index (χ2n) is 3.12. The predicted molar refractivity (Wildman–Crippen MR) is 57.4 cm³/mol. The van der Waals surface area contributed by atoms with E-state index in [1.807, 2.05) is 0 Å².